The van der Waals surface area contributed by atoms with Gasteiger partial charge in [-0.25, -0.2) is 8.42 Å². The maximum atomic E-state index is 13.9. The average Bonchev–Trinajstić information content (AvgIpc) is 2.95. The summed E-state index contributed by atoms with van der Waals surface area (Å²) < 4.78 is 33.9. The van der Waals surface area contributed by atoms with E-state index in [0.29, 0.717) is 30.2 Å². The van der Waals surface area contributed by atoms with Gasteiger partial charge in [-0.2, -0.15) is 0 Å². The molecule has 0 saturated carbocycles. The molecule has 3 aromatic rings. The summed E-state index contributed by atoms with van der Waals surface area (Å²) in [5, 5.41) is 3.23. The highest BCUT2D eigenvalue weighted by Crippen LogP contribution is 2.27. The van der Waals surface area contributed by atoms with Gasteiger partial charge >= 0.3 is 0 Å². The second-order valence-electron chi connectivity index (χ2n) is 8.80. The molecule has 0 spiro atoms. The molecule has 8 nitrogen and oxygen atoms in total. The van der Waals surface area contributed by atoms with E-state index < -0.39 is 28.5 Å². The third kappa shape index (κ3) is 7.74. The van der Waals surface area contributed by atoms with Crippen LogP contribution in [0.2, 0.25) is 5.02 Å². The Hall–Kier alpha value is -3.56. The molecule has 0 aliphatic carbocycles. The summed E-state index contributed by atoms with van der Waals surface area (Å²) in [5.74, 6) is -0.267. The molecule has 10 heteroatoms. The zero-order valence-electron chi connectivity index (χ0n) is 22.3. The summed E-state index contributed by atoms with van der Waals surface area (Å²) in [6, 6.07) is 21.0. The smallest absolute Gasteiger partial charge is 0.264 e. The summed E-state index contributed by atoms with van der Waals surface area (Å²) in [6.45, 7) is 3.80. The van der Waals surface area contributed by atoms with Crippen LogP contribution < -0.4 is 14.4 Å². The third-order valence-corrected chi connectivity index (χ3v) is 8.30. The lowest BCUT2D eigenvalue weighted by molar-refractivity contribution is -0.139. The zero-order chi connectivity index (χ0) is 28.4. The SMILES string of the molecule is CCNC(=O)C(CC)N(CCc1ccccc1)C(=O)CN(c1ccc(Cl)cc1)S(=O)(=O)c1ccc(OC)cc1. The number of hydrogen-bond acceptors (Lipinski definition) is 5. The predicted octanol–water partition coefficient (Wildman–Crippen LogP) is 4.53. The molecule has 0 aromatic heterocycles. The molecule has 0 aliphatic rings. The molecule has 1 atom stereocenters. The third-order valence-electron chi connectivity index (χ3n) is 6.26. The normalized spacial score (nSPS) is 11.9. The van der Waals surface area contributed by atoms with Crippen LogP contribution in [0.5, 0.6) is 5.75 Å². The molecule has 0 radical (unpaired) electrons. The minimum Gasteiger partial charge on any atom is -0.497 e. The first-order valence-electron chi connectivity index (χ1n) is 12.7. The first kappa shape index (κ1) is 30.0. The Balaban J connectivity index is 2.00. The van der Waals surface area contributed by atoms with Crippen LogP contribution in [0.1, 0.15) is 25.8 Å². The maximum Gasteiger partial charge on any atom is 0.264 e. The first-order valence-corrected chi connectivity index (χ1v) is 14.6. The van der Waals surface area contributed by atoms with Crippen LogP contribution in [-0.4, -0.2) is 57.9 Å². The molecule has 3 aromatic carbocycles. The van der Waals surface area contributed by atoms with Gasteiger partial charge in [-0.15, -0.1) is 0 Å². The largest absolute Gasteiger partial charge is 0.497 e. The number of halogens is 1. The van der Waals surface area contributed by atoms with Crippen molar-refractivity contribution in [1.82, 2.24) is 10.2 Å². The van der Waals surface area contributed by atoms with Crippen LogP contribution in [0, 0.1) is 0 Å². The number of nitrogens with zero attached hydrogens (tertiary/aromatic N) is 2. The lowest BCUT2D eigenvalue weighted by atomic mass is 10.1. The topological polar surface area (TPSA) is 96.0 Å². The fourth-order valence-electron chi connectivity index (χ4n) is 4.20. The molecule has 0 saturated heterocycles. The van der Waals surface area contributed by atoms with Gasteiger partial charge in [0.25, 0.3) is 10.0 Å². The number of anilines is 1. The molecule has 1 unspecified atom stereocenters. The van der Waals surface area contributed by atoms with Crippen molar-refractivity contribution < 1.29 is 22.7 Å². The minimum atomic E-state index is -4.16. The molecule has 0 fully saturated rings. The van der Waals surface area contributed by atoms with Gasteiger partial charge in [-0.3, -0.25) is 13.9 Å². The number of sulfonamides is 1. The first-order chi connectivity index (χ1) is 18.7. The molecule has 0 heterocycles. The van der Waals surface area contributed by atoms with Gasteiger partial charge in [-0.1, -0.05) is 48.9 Å². The van der Waals surface area contributed by atoms with Crippen molar-refractivity contribution in [3.63, 3.8) is 0 Å². The Morgan fingerprint density at radius 1 is 0.949 bits per heavy atom. The van der Waals surface area contributed by atoms with Crippen molar-refractivity contribution in [3.05, 3.63) is 89.4 Å². The van der Waals surface area contributed by atoms with Gasteiger partial charge in [-0.05, 0) is 73.9 Å². The van der Waals surface area contributed by atoms with Crippen molar-refractivity contribution in [2.75, 3.05) is 31.0 Å². The van der Waals surface area contributed by atoms with Gasteiger partial charge in [0.1, 0.15) is 18.3 Å². The second-order valence-corrected chi connectivity index (χ2v) is 11.1. The van der Waals surface area contributed by atoms with E-state index in [4.69, 9.17) is 16.3 Å². The molecular weight excluding hydrogens is 538 g/mol. The van der Waals surface area contributed by atoms with Gasteiger partial charge in [0.05, 0.1) is 17.7 Å². The lowest BCUT2D eigenvalue weighted by Gasteiger charge is -2.33. The Labute approximate surface area is 235 Å². The minimum absolute atomic E-state index is 0.00217. The van der Waals surface area contributed by atoms with Crippen molar-refractivity contribution in [2.45, 2.75) is 37.6 Å². The van der Waals surface area contributed by atoms with E-state index >= 15 is 0 Å². The summed E-state index contributed by atoms with van der Waals surface area (Å²) in [6.07, 6.45) is 0.882. The van der Waals surface area contributed by atoms with Crippen molar-refractivity contribution >= 4 is 39.1 Å². The predicted molar refractivity (Wildman–Crippen MR) is 154 cm³/mol. The van der Waals surface area contributed by atoms with E-state index in [2.05, 4.69) is 5.32 Å². The van der Waals surface area contributed by atoms with Gasteiger partial charge < -0.3 is 15.0 Å². The summed E-state index contributed by atoms with van der Waals surface area (Å²) >= 11 is 6.06. The number of likely N-dealkylation sites (N-methyl/N-ethyl adjacent to an activating group) is 1. The van der Waals surface area contributed by atoms with Crippen molar-refractivity contribution in [3.8, 4) is 5.75 Å². The van der Waals surface area contributed by atoms with Crippen LogP contribution >= 0.6 is 11.6 Å². The Morgan fingerprint density at radius 3 is 2.15 bits per heavy atom. The maximum absolute atomic E-state index is 13.9. The van der Waals surface area contributed by atoms with E-state index in [0.717, 1.165) is 9.87 Å². The van der Waals surface area contributed by atoms with E-state index in [1.54, 1.807) is 36.4 Å². The van der Waals surface area contributed by atoms with Gasteiger partial charge in [0.15, 0.2) is 0 Å². The fourth-order valence-corrected chi connectivity index (χ4v) is 5.74. The summed E-state index contributed by atoms with van der Waals surface area (Å²) in [4.78, 5) is 28.3. The number of hydrogen-bond donors (Lipinski definition) is 1. The number of amides is 2. The molecule has 2 amide bonds. The van der Waals surface area contributed by atoms with E-state index in [-0.39, 0.29) is 23.0 Å². The zero-order valence-corrected chi connectivity index (χ0v) is 23.9. The Kier molecular flexibility index (Phi) is 10.8. The average molecular weight is 572 g/mol. The van der Waals surface area contributed by atoms with E-state index in [9.17, 15) is 18.0 Å². The number of benzene rings is 3. The highest BCUT2D eigenvalue weighted by atomic mass is 35.5. The number of carbonyl (C=O) groups is 2. The Morgan fingerprint density at radius 2 is 1.59 bits per heavy atom. The van der Waals surface area contributed by atoms with Gasteiger partial charge in [0.2, 0.25) is 11.8 Å². The lowest BCUT2D eigenvalue weighted by Crippen LogP contribution is -2.53. The number of ether oxygens (including phenoxy) is 1. The molecule has 0 aliphatic heterocycles. The van der Waals surface area contributed by atoms with Crippen LogP contribution in [-0.2, 0) is 26.0 Å². The number of carbonyl (C=O) groups excluding carboxylic acids is 2. The second kappa shape index (κ2) is 14.0. The standard InChI is InChI=1S/C29H34ClN3O5S/c1-4-27(29(35)31-5-2)32(20-19-22-9-7-6-8-10-22)28(34)21-33(24-13-11-23(30)12-14-24)39(36,37)26-17-15-25(38-3)16-18-26/h6-18,27H,4-5,19-21H2,1-3H3,(H,31,35). The van der Waals surface area contributed by atoms with E-state index in [1.807, 2.05) is 44.2 Å². The number of rotatable bonds is 13. The molecular formula is C29H34ClN3O5S. The monoisotopic (exact) mass is 571 g/mol. The summed E-state index contributed by atoms with van der Waals surface area (Å²) in [7, 11) is -2.67. The quantitative estimate of drug-likeness (QED) is 0.325. The van der Waals surface area contributed by atoms with E-state index in [1.165, 1.54) is 24.1 Å². The molecule has 0 bridgehead atoms. The van der Waals surface area contributed by atoms with Gasteiger partial charge in [0, 0.05) is 18.1 Å². The fraction of sp³-hybridized carbons (Fsp3) is 0.310. The van der Waals surface area contributed by atoms with Crippen LogP contribution in [0.15, 0.2) is 83.8 Å². The van der Waals surface area contributed by atoms with Crippen LogP contribution in [0.4, 0.5) is 5.69 Å². The van der Waals surface area contributed by atoms with Crippen LogP contribution in [0.3, 0.4) is 0 Å². The number of nitrogens with one attached hydrogen (secondary N) is 1. The Bertz CT molecular complexity index is 1330. The van der Waals surface area contributed by atoms with Crippen molar-refractivity contribution in [1.29, 1.82) is 0 Å². The highest BCUT2D eigenvalue weighted by molar-refractivity contribution is 7.92. The molecule has 208 valence electrons. The summed E-state index contributed by atoms with van der Waals surface area (Å²) in [5.41, 5.74) is 1.28. The molecule has 39 heavy (non-hydrogen) atoms. The highest BCUT2D eigenvalue weighted by Gasteiger charge is 2.33. The van der Waals surface area contributed by atoms with Crippen molar-refractivity contribution in [2.24, 2.45) is 0 Å². The van der Waals surface area contributed by atoms with Crippen LogP contribution in [0.25, 0.3) is 0 Å². The molecule has 1 N–H and O–H groups in total. The molecule has 3 rings (SSSR count). The number of methoxy groups -OCH3 is 1.